The van der Waals surface area contributed by atoms with Gasteiger partial charge in [0.25, 0.3) is 11.8 Å². The highest BCUT2D eigenvalue weighted by molar-refractivity contribution is 6.35. The Morgan fingerprint density at radius 3 is 2.16 bits per heavy atom. The van der Waals surface area contributed by atoms with Gasteiger partial charge in [0.05, 0.1) is 12.1 Å². The van der Waals surface area contributed by atoms with Crippen molar-refractivity contribution >= 4 is 17.4 Å². The van der Waals surface area contributed by atoms with Gasteiger partial charge in [0.15, 0.2) is 0 Å². The van der Waals surface area contributed by atoms with Crippen molar-refractivity contribution in [3.8, 4) is 0 Å². The smallest absolute Gasteiger partial charge is 0.278 e. The van der Waals surface area contributed by atoms with Crippen molar-refractivity contribution in [2.75, 3.05) is 6.54 Å². The van der Waals surface area contributed by atoms with Gasteiger partial charge < -0.3 is 4.90 Å². The van der Waals surface area contributed by atoms with Crippen LogP contribution in [0.2, 0.25) is 0 Å². The number of carbonyl (C=O) groups excluding carboxylic acids is 2. The molecule has 0 N–H and O–H groups in total. The number of hydrogen-bond acceptors (Lipinski definition) is 3. The standard InChI is InChI=1S/C27H25FN2O2/c1-3-29(17-20-9-5-4-6-10-20)25-24(21-15-13-19(2)14-16-21)26(31)30(27(25)32)18-22-11-7-8-12-23(22)28/h4-16H,3,17-18H2,1-2H3. The molecule has 162 valence electrons. The van der Waals surface area contributed by atoms with Crippen molar-refractivity contribution in [2.24, 2.45) is 0 Å². The molecule has 1 heterocycles. The van der Waals surface area contributed by atoms with Crippen LogP contribution in [-0.2, 0) is 22.7 Å². The van der Waals surface area contributed by atoms with E-state index in [0.29, 0.717) is 35.5 Å². The van der Waals surface area contributed by atoms with Gasteiger partial charge in [-0.2, -0.15) is 0 Å². The molecule has 0 saturated carbocycles. The van der Waals surface area contributed by atoms with E-state index in [1.54, 1.807) is 18.2 Å². The number of likely N-dealkylation sites (N-methyl/N-ethyl adjacent to an activating group) is 1. The molecule has 0 aromatic heterocycles. The molecule has 5 heteroatoms. The van der Waals surface area contributed by atoms with Crippen molar-refractivity contribution in [1.29, 1.82) is 0 Å². The van der Waals surface area contributed by atoms with Gasteiger partial charge >= 0.3 is 0 Å². The lowest BCUT2D eigenvalue weighted by Gasteiger charge is -2.25. The van der Waals surface area contributed by atoms with E-state index in [9.17, 15) is 14.0 Å². The molecular weight excluding hydrogens is 403 g/mol. The lowest BCUT2D eigenvalue weighted by Crippen LogP contribution is -2.35. The summed E-state index contributed by atoms with van der Waals surface area (Å²) >= 11 is 0. The Labute approximate surface area is 187 Å². The molecule has 0 atom stereocenters. The van der Waals surface area contributed by atoms with Crippen LogP contribution in [0.25, 0.3) is 5.57 Å². The Balaban J connectivity index is 1.77. The summed E-state index contributed by atoms with van der Waals surface area (Å²) in [7, 11) is 0. The molecule has 0 saturated heterocycles. The Hall–Kier alpha value is -3.73. The fourth-order valence-electron chi connectivity index (χ4n) is 3.93. The summed E-state index contributed by atoms with van der Waals surface area (Å²) in [5.41, 5.74) is 3.83. The highest BCUT2D eigenvalue weighted by atomic mass is 19.1. The number of carbonyl (C=O) groups is 2. The Kier molecular flexibility index (Phi) is 6.17. The quantitative estimate of drug-likeness (QED) is 0.501. The highest BCUT2D eigenvalue weighted by Crippen LogP contribution is 2.33. The van der Waals surface area contributed by atoms with Crippen LogP contribution in [0.1, 0.15) is 29.2 Å². The third-order valence-electron chi connectivity index (χ3n) is 5.68. The largest absolute Gasteiger partial charge is 0.362 e. The Bertz CT molecular complexity index is 1170. The van der Waals surface area contributed by atoms with Crippen molar-refractivity contribution in [3.63, 3.8) is 0 Å². The van der Waals surface area contributed by atoms with Crippen LogP contribution in [0.5, 0.6) is 0 Å². The van der Waals surface area contributed by atoms with Crippen molar-refractivity contribution in [3.05, 3.63) is 113 Å². The van der Waals surface area contributed by atoms with Crippen LogP contribution in [0.3, 0.4) is 0 Å². The molecular formula is C27H25FN2O2. The number of benzene rings is 3. The first-order valence-corrected chi connectivity index (χ1v) is 10.7. The van der Waals surface area contributed by atoms with E-state index in [4.69, 9.17) is 0 Å². The average Bonchev–Trinajstić information content (AvgIpc) is 3.05. The van der Waals surface area contributed by atoms with E-state index in [-0.39, 0.29) is 6.54 Å². The van der Waals surface area contributed by atoms with Gasteiger partial charge in [-0.05, 0) is 31.0 Å². The zero-order chi connectivity index (χ0) is 22.7. The van der Waals surface area contributed by atoms with Gasteiger partial charge in [-0.3, -0.25) is 14.5 Å². The van der Waals surface area contributed by atoms with Crippen LogP contribution in [0, 0.1) is 12.7 Å². The molecule has 3 aromatic rings. The number of rotatable bonds is 7. The maximum Gasteiger partial charge on any atom is 0.278 e. The number of nitrogens with zero attached hydrogens (tertiary/aromatic N) is 2. The van der Waals surface area contributed by atoms with Crippen LogP contribution < -0.4 is 0 Å². The number of halogens is 1. The fourth-order valence-corrected chi connectivity index (χ4v) is 3.93. The average molecular weight is 429 g/mol. The van der Waals surface area contributed by atoms with Crippen LogP contribution in [0.15, 0.2) is 84.6 Å². The number of hydrogen-bond donors (Lipinski definition) is 0. The molecule has 4 nitrogen and oxygen atoms in total. The zero-order valence-corrected chi connectivity index (χ0v) is 18.2. The molecule has 3 aromatic carbocycles. The monoisotopic (exact) mass is 428 g/mol. The predicted molar refractivity (Wildman–Crippen MR) is 123 cm³/mol. The second-order valence-electron chi connectivity index (χ2n) is 7.88. The highest BCUT2D eigenvalue weighted by Gasteiger charge is 2.41. The van der Waals surface area contributed by atoms with Crippen molar-refractivity contribution in [1.82, 2.24) is 9.80 Å². The molecule has 1 aliphatic rings. The molecule has 0 aliphatic carbocycles. The van der Waals surface area contributed by atoms with Gasteiger partial charge in [0, 0.05) is 18.7 Å². The minimum atomic E-state index is -0.435. The lowest BCUT2D eigenvalue weighted by atomic mass is 10.0. The van der Waals surface area contributed by atoms with Gasteiger partial charge in [-0.1, -0.05) is 78.4 Å². The second kappa shape index (κ2) is 9.18. The third kappa shape index (κ3) is 4.19. The summed E-state index contributed by atoms with van der Waals surface area (Å²) in [6.45, 7) is 4.87. The van der Waals surface area contributed by atoms with E-state index in [1.807, 2.05) is 73.3 Å². The summed E-state index contributed by atoms with van der Waals surface area (Å²) in [5.74, 6) is -1.23. The molecule has 4 rings (SSSR count). The van der Waals surface area contributed by atoms with E-state index in [1.165, 1.54) is 6.07 Å². The lowest BCUT2D eigenvalue weighted by molar-refractivity contribution is -0.138. The van der Waals surface area contributed by atoms with Gasteiger partial charge in [-0.15, -0.1) is 0 Å². The number of imide groups is 1. The van der Waals surface area contributed by atoms with Crippen LogP contribution in [-0.4, -0.2) is 28.2 Å². The first kappa shape index (κ1) is 21.5. The van der Waals surface area contributed by atoms with E-state index < -0.39 is 17.6 Å². The van der Waals surface area contributed by atoms with E-state index >= 15 is 0 Å². The molecule has 0 radical (unpaired) electrons. The summed E-state index contributed by atoms with van der Waals surface area (Å²) < 4.78 is 14.3. The molecule has 0 fully saturated rings. The first-order valence-electron chi connectivity index (χ1n) is 10.7. The number of amides is 2. The molecule has 0 unspecified atom stereocenters. The summed E-state index contributed by atoms with van der Waals surface area (Å²) in [6, 6.07) is 23.6. The van der Waals surface area contributed by atoms with Crippen LogP contribution in [0.4, 0.5) is 4.39 Å². The maximum absolute atomic E-state index is 14.3. The Morgan fingerprint density at radius 2 is 1.50 bits per heavy atom. The second-order valence-corrected chi connectivity index (χ2v) is 7.88. The van der Waals surface area contributed by atoms with Gasteiger partial charge in [0.1, 0.15) is 11.5 Å². The van der Waals surface area contributed by atoms with Crippen LogP contribution >= 0.6 is 0 Å². The van der Waals surface area contributed by atoms with Gasteiger partial charge in [0.2, 0.25) is 0 Å². The summed E-state index contributed by atoms with van der Waals surface area (Å²) in [6.07, 6.45) is 0. The van der Waals surface area contributed by atoms with E-state index in [0.717, 1.165) is 16.0 Å². The normalized spacial score (nSPS) is 13.8. The molecule has 32 heavy (non-hydrogen) atoms. The molecule has 1 aliphatic heterocycles. The predicted octanol–water partition coefficient (Wildman–Crippen LogP) is 4.94. The summed E-state index contributed by atoms with van der Waals surface area (Å²) in [5, 5.41) is 0. The minimum absolute atomic E-state index is 0.105. The summed E-state index contributed by atoms with van der Waals surface area (Å²) in [4.78, 5) is 30.1. The third-order valence-corrected chi connectivity index (χ3v) is 5.68. The zero-order valence-electron chi connectivity index (χ0n) is 18.2. The topological polar surface area (TPSA) is 40.6 Å². The molecule has 2 amide bonds. The van der Waals surface area contributed by atoms with Crippen molar-refractivity contribution < 1.29 is 14.0 Å². The molecule has 0 bridgehead atoms. The first-order chi connectivity index (χ1) is 15.5. The minimum Gasteiger partial charge on any atom is -0.362 e. The van der Waals surface area contributed by atoms with Crippen molar-refractivity contribution in [2.45, 2.75) is 26.9 Å². The SMILES string of the molecule is CCN(Cc1ccccc1)C1=C(c2ccc(C)cc2)C(=O)N(Cc2ccccc2F)C1=O. The van der Waals surface area contributed by atoms with Gasteiger partial charge in [-0.25, -0.2) is 4.39 Å². The Morgan fingerprint density at radius 1 is 0.844 bits per heavy atom. The molecule has 0 spiro atoms. The number of aryl methyl sites for hydroxylation is 1. The maximum atomic E-state index is 14.3. The van der Waals surface area contributed by atoms with E-state index in [2.05, 4.69) is 0 Å². The fraction of sp³-hybridized carbons (Fsp3) is 0.185.